The number of amides is 2. The molecule has 2 fully saturated rings. The first-order chi connectivity index (χ1) is 18.9. The first-order valence-electron chi connectivity index (χ1n) is 13.7. The highest BCUT2D eigenvalue weighted by Crippen LogP contribution is 2.48. The Labute approximate surface area is 231 Å². The van der Waals surface area contributed by atoms with Crippen molar-refractivity contribution in [3.63, 3.8) is 0 Å². The quantitative estimate of drug-likeness (QED) is 0.304. The molecule has 2 amide bonds. The third kappa shape index (κ3) is 5.82. The van der Waals surface area contributed by atoms with Crippen molar-refractivity contribution in [2.24, 2.45) is 5.92 Å². The smallest absolute Gasteiger partial charge is 0.334 e. The molecular weight excluding hydrogens is 545 g/mol. The Hall–Kier alpha value is -3.15. The van der Waals surface area contributed by atoms with E-state index >= 15 is 0 Å². The maximum atomic E-state index is 14.9. The van der Waals surface area contributed by atoms with Crippen LogP contribution in [0.1, 0.15) is 75.1 Å². The lowest BCUT2D eigenvalue weighted by atomic mass is 9.77. The minimum absolute atomic E-state index is 0.0364. The Morgan fingerprint density at radius 3 is 2.42 bits per heavy atom. The van der Waals surface area contributed by atoms with Crippen molar-refractivity contribution in [3.8, 4) is 0 Å². The first-order valence-corrected chi connectivity index (χ1v) is 15.3. The van der Waals surface area contributed by atoms with Crippen LogP contribution in [0.25, 0.3) is 5.57 Å². The third-order valence-electron chi connectivity index (χ3n) is 7.81. The number of carbonyl (C=O) groups excluding carboxylic acids is 2. The van der Waals surface area contributed by atoms with E-state index < -0.39 is 50.8 Å². The monoisotopic (exact) mass is 578 g/mol. The van der Waals surface area contributed by atoms with Crippen molar-refractivity contribution in [3.05, 3.63) is 58.9 Å². The summed E-state index contributed by atoms with van der Waals surface area (Å²) in [6.45, 7) is 2.64. The van der Waals surface area contributed by atoms with Crippen LogP contribution in [0.4, 0.5) is 13.2 Å². The molecule has 0 saturated heterocycles. The average Bonchev–Trinajstić information content (AvgIpc) is 3.81. The molecule has 1 aromatic heterocycles. The summed E-state index contributed by atoms with van der Waals surface area (Å²) in [7, 11) is -4.05. The van der Waals surface area contributed by atoms with Crippen LogP contribution >= 0.6 is 0 Å². The van der Waals surface area contributed by atoms with Crippen LogP contribution in [0, 0.1) is 5.92 Å². The highest BCUT2D eigenvalue weighted by molar-refractivity contribution is 7.91. The maximum Gasteiger partial charge on any atom is 0.416 e. The van der Waals surface area contributed by atoms with Gasteiger partial charge in [-0.1, -0.05) is 44.0 Å². The average molecular weight is 579 g/mol. The lowest BCUT2D eigenvalue weighted by molar-refractivity contribution is -0.202. The second-order valence-corrected chi connectivity index (χ2v) is 13.0. The predicted molar refractivity (Wildman–Crippen MR) is 142 cm³/mol. The number of aromatic nitrogens is 2. The van der Waals surface area contributed by atoms with E-state index in [1.165, 1.54) is 18.2 Å². The predicted octanol–water partition coefficient (Wildman–Crippen LogP) is 4.37. The van der Waals surface area contributed by atoms with Crippen molar-refractivity contribution >= 4 is 27.4 Å². The number of halogens is 3. The second-order valence-electron chi connectivity index (χ2n) is 11.1. The molecule has 2 N–H and O–H groups in total. The van der Waals surface area contributed by atoms with E-state index in [9.17, 15) is 31.2 Å². The number of benzene rings is 1. The molecule has 2 aliphatic carbocycles. The molecule has 12 heteroatoms. The molecule has 2 saturated carbocycles. The van der Waals surface area contributed by atoms with Crippen LogP contribution in [0.2, 0.25) is 0 Å². The number of hydrogen-bond donors (Lipinski definition) is 2. The number of rotatable bonds is 11. The SMILES string of the molecule is CCCCCc1ccc(C2(C(F)(F)F)CC(c3ccn(CC4CC4)n3)=C(C(=O)NS(=O)(=O)C3CC3)C(=O)N2)cc1. The molecule has 1 atom stereocenters. The molecule has 1 aliphatic heterocycles. The fourth-order valence-electron chi connectivity index (χ4n) is 5.13. The molecule has 0 bridgehead atoms. The van der Waals surface area contributed by atoms with Crippen molar-refractivity contribution in [2.75, 3.05) is 0 Å². The molecule has 1 aromatic carbocycles. The molecule has 5 rings (SSSR count). The zero-order chi connectivity index (χ0) is 28.7. The van der Waals surface area contributed by atoms with Crippen LogP contribution in [0.5, 0.6) is 0 Å². The molecule has 2 aromatic rings. The number of hydrogen-bond acceptors (Lipinski definition) is 5. The number of carbonyl (C=O) groups is 2. The van der Waals surface area contributed by atoms with Gasteiger partial charge in [-0.3, -0.25) is 14.3 Å². The summed E-state index contributed by atoms with van der Waals surface area (Å²) in [6.07, 6.45) is 2.31. The Bertz CT molecular complexity index is 1420. The Morgan fingerprint density at radius 2 is 1.82 bits per heavy atom. The first kappa shape index (κ1) is 28.4. The lowest BCUT2D eigenvalue weighted by Crippen LogP contribution is -2.60. The summed E-state index contributed by atoms with van der Waals surface area (Å²) in [4.78, 5) is 26.6. The van der Waals surface area contributed by atoms with Gasteiger partial charge < -0.3 is 5.32 Å². The number of nitrogens with zero attached hydrogens (tertiary/aromatic N) is 2. The van der Waals surface area contributed by atoms with Gasteiger partial charge in [0.05, 0.1) is 10.9 Å². The molecule has 3 aliphatic rings. The van der Waals surface area contributed by atoms with Gasteiger partial charge in [0.25, 0.3) is 11.8 Å². The zero-order valence-electron chi connectivity index (χ0n) is 22.3. The minimum atomic E-state index is -4.93. The highest BCUT2D eigenvalue weighted by Gasteiger charge is 2.60. The van der Waals surface area contributed by atoms with Gasteiger partial charge in [0, 0.05) is 24.7 Å². The third-order valence-corrected chi connectivity index (χ3v) is 9.63. The fourth-order valence-corrected chi connectivity index (χ4v) is 6.41. The molecular formula is C28H33F3N4O4S. The standard InChI is InChI=1S/C28H33F3N4O4S/c1-2-3-4-5-18-8-10-20(11-9-18)27(28(29,30)31)16-22(23-14-15-35(33-23)17-19-6-7-19)24(25(36)32-27)26(37)34-40(38,39)21-12-13-21/h8-11,14-15,19,21H,2-7,12-13,16-17H2,1H3,(H,32,36)(H,34,37). The summed E-state index contributed by atoms with van der Waals surface area (Å²) in [5, 5.41) is 5.71. The van der Waals surface area contributed by atoms with Crippen LogP contribution in [-0.2, 0) is 38.1 Å². The van der Waals surface area contributed by atoms with E-state index in [1.807, 2.05) is 4.72 Å². The largest absolute Gasteiger partial charge is 0.416 e. The molecule has 8 nitrogen and oxygen atoms in total. The number of sulfonamides is 1. The van der Waals surface area contributed by atoms with Crippen LogP contribution in [0.3, 0.4) is 0 Å². The van der Waals surface area contributed by atoms with Crippen molar-refractivity contribution < 1.29 is 31.2 Å². The summed E-state index contributed by atoms with van der Waals surface area (Å²) in [5.74, 6) is -2.13. The lowest BCUT2D eigenvalue weighted by Gasteiger charge is -2.41. The molecule has 1 unspecified atom stereocenters. The van der Waals surface area contributed by atoms with Gasteiger partial charge in [0.2, 0.25) is 10.0 Å². The minimum Gasteiger partial charge on any atom is -0.334 e. The molecule has 216 valence electrons. The number of nitrogens with one attached hydrogen (secondary N) is 2. The van der Waals surface area contributed by atoms with E-state index in [4.69, 9.17) is 0 Å². The normalized spacial score (nSPS) is 21.9. The summed E-state index contributed by atoms with van der Waals surface area (Å²) < 4.78 is 73.2. The molecule has 40 heavy (non-hydrogen) atoms. The molecule has 0 radical (unpaired) electrons. The van der Waals surface area contributed by atoms with E-state index in [0.717, 1.165) is 44.1 Å². The van der Waals surface area contributed by atoms with Gasteiger partial charge in [-0.05, 0) is 61.6 Å². The van der Waals surface area contributed by atoms with Gasteiger partial charge in [-0.15, -0.1) is 0 Å². The van der Waals surface area contributed by atoms with Crippen molar-refractivity contribution in [1.29, 1.82) is 0 Å². The van der Waals surface area contributed by atoms with E-state index in [-0.39, 0.29) is 16.8 Å². The van der Waals surface area contributed by atoms with Gasteiger partial charge in [0.1, 0.15) is 5.57 Å². The number of aryl methyl sites for hydroxylation is 1. The van der Waals surface area contributed by atoms with Gasteiger partial charge >= 0.3 is 6.18 Å². The van der Waals surface area contributed by atoms with Crippen LogP contribution in [0.15, 0.2) is 42.1 Å². The van der Waals surface area contributed by atoms with Gasteiger partial charge in [-0.2, -0.15) is 18.3 Å². The van der Waals surface area contributed by atoms with Crippen molar-refractivity contribution in [1.82, 2.24) is 19.8 Å². The second kappa shape index (κ2) is 10.7. The highest BCUT2D eigenvalue weighted by atomic mass is 32.2. The Kier molecular flexibility index (Phi) is 7.58. The topological polar surface area (TPSA) is 110 Å². The molecule has 2 heterocycles. The molecule has 0 spiro atoms. The van der Waals surface area contributed by atoms with E-state index in [2.05, 4.69) is 17.3 Å². The maximum absolute atomic E-state index is 14.9. The summed E-state index contributed by atoms with van der Waals surface area (Å²) in [5.41, 5.74) is -3.00. The van der Waals surface area contributed by atoms with Crippen molar-refractivity contribution in [2.45, 2.75) is 88.2 Å². The Morgan fingerprint density at radius 1 is 1.12 bits per heavy atom. The van der Waals surface area contributed by atoms with Gasteiger partial charge in [-0.25, -0.2) is 13.1 Å². The summed E-state index contributed by atoms with van der Waals surface area (Å²) in [6, 6.07) is 7.45. The number of alkyl halides is 3. The Balaban J connectivity index is 1.55. The summed E-state index contributed by atoms with van der Waals surface area (Å²) >= 11 is 0. The fraction of sp³-hybridized carbons (Fsp3) is 0.536. The zero-order valence-corrected chi connectivity index (χ0v) is 23.1. The van der Waals surface area contributed by atoms with Gasteiger partial charge in [0.15, 0.2) is 5.54 Å². The van der Waals surface area contributed by atoms with Crippen LogP contribution in [-0.4, -0.2) is 41.4 Å². The van der Waals surface area contributed by atoms with E-state index in [1.54, 1.807) is 23.0 Å². The number of unbranched alkanes of at least 4 members (excludes halogenated alkanes) is 2. The van der Waals surface area contributed by atoms with E-state index in [0.29, 0.717) is 25.3 Å². The van der Waals surface area contributed by atoms with Crippen LogP contribution < -0.4 is 10.0 Å².